The molecular weight excluding hydrogens is 240 g/mol. The van der Waals surface area contributed by atoms with Crippen LogP contribution in [0.3, 0.4) is 0 Å². The largest absolute Gasteiger partial charge is 0.373 e. The van der Waals surface area contributed by atoms with E-state index >= 15 is 0 Å². The second kappa shape index (κ2) is 4.82. The van der Waals surface area contributed by atoms with Crippen LogP contribution in [-0.2, 0) is 9.53 Å². The maximum Gasteiger partial charge on any atom is 0.158 e. The summed E-state index contributed by atoms with van der Waals surface area (Å²) in [4.78, 5) is 12.0. The third-order valence-corrected chi connectivity index (χ3v) is 6.78. The number of ketones is 1. The molecule has 1 saturated heterocycles. The predicted octanol–water partition coefficient (Wildman–Crippen LogP) is 3.31. The van der Waals surface area contributed by atoms with Gasteiger partial charge in [-0.15, -0.1) is 0 Å². The first-order chi connectivity index (χ1) is 8.43. The van der Waals surface area contributed by atoms with Crippen molar-refractivity contribution >= 4 is 19.9 Å². The lowest BCUT2D eigenvalue weighted by Gasteiger charge is -2.24. The van der Waals surface area contributed by atoms with E-state index in [1.807, 2.05) is 36.4 Å². The van der Waals surface area contributed by atoms with Crippen LogP contribution in [0.25, 0.3) is 6.08 Å². The van der Waals surface area contributed by atoms with Crippen LogP contribution in [0.2, 0.25) is 19.6 Å². The number of allylic oxidation sites excluding steroid dienone is 1. The SMILES string of the molecule is C[Si](C)(C)C1(CC(=O)/C=C/c2ccccc2)CO1. The van der Waals surface area contributed by atoms with Crippen molar-refractivity contribution in [1.82, 2.24) is 0 Å². The Hall–Kier alpha value is -1.19. The molecule has 18 heavy (non-hydrogen) atoms. The third-order valence-electron chi connectivity index (χ3n) is 3.58. The molecule has 0 amide bonds. The van der Waals surface area contributed by atoms with Crippen LogP contribution in [0.15, 0.2) is 36.4 Å². The Balaban J connectivity index is 1.96. The van der Waals surface area contributed by atoms with Gasteiger partial charge in [0, 0.05) is 6.42 Å². The molecule has 0 aliphatic carbocycles. The van der Waals surface area contributed by atoms with Gasteiger partial charge in [0.2, 0.25) is 0 Å². The highest BCUT2D eigenvalue weighted by atomic mass is 28.3. The highest BCUT2D eigenvalue weighted by Gasteiger charge is 2.55. The summed E-state index contributed by atoms with van der Waals surface area (Å²) >= 11 is 0. The smallest absolute Gasteiger partial charge is 0.158 e. The molecule has 1 aromatic rings. The minimum Gasteiger partial charge on any atom is -0.373 e. The van der Waals surface area contributed by atoms with Gasteiger partial charge in [-0.25, -0.2) is 0 Å². The molecule has 1 aliphatic rings. The van der Waals surface area contributed by atoms with Crippen LogP contribution in [0.5, 0.6) is 0 Å². The fourth-order valence-corrected chi connectivity index (χ4v) is 3.62. The van der Waals surface area contributed by atoms with E-state index in [0.717, 1.165) is 12.2 Å². The van der Waals surface area contributed by atoms with E-state index in [1.54, 1.807) is 6.08 Å². The number of carbonyl (C=O) groups is 1. The number of carbonyl (C=O) groups excluding carboxylic acids is 1. The molecule has 1 aliphatic heterocycles. The number of ether oxygens (including phenoxy) is 1. The van der Waals surface area contributed by atoms with Gasteiger partial charge in [0.1, 0.15) is 0 Å². The Morgan fingerprint density at radius 3 is 2.44 bits per heavy atom. The number of hydrogen-bond donors (Lipinski definition) is 0. The van der Waals surface area contributed by atoms with Crippen molar-refractivity contribution in [3.8, 4) is 0 Å². The highest BCUT2D eigenvalue weighted by Crippen LogP contribution is 2.40. The molecule has 96 valence electrons. The van der Waals surface area contributed by atoms with E-state index in [9.17, 15) is 4.79 Å². The van der Waals surface area contributed by atoms with Crippen LogP contribution in [-0.4, -0.2) is 25.7 Å². The van der Waals surface area contributed by atoms with Gasteiger partial charge >= 0.3 is 0 Å². The van der Waals surface area contributed by atoms with E-state index in [1.165, 1.54) is 0 Å². The number of benzene rings is 1. The molecule has 2 nitrogen and oxygen atoms in total. The van der Waals surface area contributed by atoms with E-state index in [2.05, 4.69) is 19.6 Å². The van der Waals surface area contributed by atoms with Crippen LogP contribution in [0, 0.1) is 0 Å². The quantitative estimate of drug-likeness (QED) is 0.462. The standard InChI is InChI=1S/C15H20O2Si/c1-18(2,3)15(12-17-15)11-14(16)10-9-13-7-5-4-6-8-13/h4-10H,11-12H2,1-3H3/b10-9+. The molecule has 0 aromatic heterocycles. The fourth-order valence-electron chi connectivity index (χ4n) is 1.98. The molecule has 3 heteroatoms. The maximum absolute atomic E-state index is 12.0. The highest BCUT2D eigenvalue weighted by molar-refractivity contribution is 6.80. The fraction of sp³-hybridized carbons (Fsp3) is 0.400. The average molecular weight is 260 g/mol. The maximum atomic E-state index is 12.0. The molecule has 0 spiro atoms. The number of epoxide rings is 1. The summed E-state index contributed by atoms with van der Waals surface area (Å²) in [6.45, 7) is 7.53. The van der Waals surface area contributed by atoms with Gasteiger partial charge in [0.25, 0.3) is 0 Å². The Labute approximate surface area is 110 Å². The molecule has 1 atom stereocenters. The molecule has 0 radical (unpaired) electrons. The summed E-state index contributed by atoms with van der Waals surface area (Å²) in [5.74, 6) is 0.166. The zero-order chi connectivity index (χ0) is 13.2. The Morgan fingerprint density at radius 1 is 1.33 bits per heavy atom. The number of rotatable bonds is 5. The van der Waals surface area contributed by atoms with E-state index in [4.69, 9.17) is 4.74 Å². The first-order valence-electron chi connectivity index (χ1n) is 6.33. The zero-order valence-corrected chi connectivity index (χ0v) is 12.3. The Bertz CT molecular complexity index is 453. The first kappa shape index (κ1) is 13.2. The summed E-state index contributed by atoms with van der Waals surface area (Å²) < 4.78 is 5.59. The molecular formula is C15H20O2Si. The molecule has 0 bridgehead atoms. The zero-order valence-electron chi connectivity index (χ0n) is 11.3. The van der Waals surface area contributed by atoms with Crippen molar-refractivity contribution in [3.63, 3.8) is 0 Å². The van der Waals surface area contributed by atoms with Gasteiger partial charge in [0.15, 0.2) is 5.78 Å². The summed E-state index contributed by atoms with van der Waals surface area (Å²) in [6, 6.07) is 9.89. The minimum atomic E-state index is -1.42. The molecule has 2 rings (SSSR count). The minimum absolute atomic E-state index is 0.106. The lowest BCUT2D eigenvalue weighted by molar-refractivity contribution is -0.115. The summed E-state index contributed by atoms with van der Waals surface area (Å²) in [5.41, 5.74) is 1.06. The summed E-state index contributed by atoms with van der Waals surface area (Å²) in [6.07, 6.45) is 4.09. The monoisotopic (exact) mass is 260 g/mol. The lowest BCUT2D eigenvalue weighted by Crippen LogP contribution is -2.43. The van der Waals surface area contributed by atoms with Crippen LogP contribution in [0.4, 0.5) is 0 Å². The van der Waals surface area contributed by atoms with Gasteiger partial charge in [0.05, 0.1) is 19.9 Å². The normalized spacial score (nSPS) is 23.3. The van der Waals surface area contributed by atoms with Gasteiger partial charge in [-0.2, -0.15) is 0 Å². The first-order valence-corrected chi connectivity index (χ1v) is 9.83. The number of hydrogen-bond acceptors (Lipinski definition) is 2. The van der Waals surface area contributed by atoms with Crippen LogP contribution in [0.1, 0.15) is 12.0 Å². The third kappa shape index (κ3) is 2.97. The molecule has 0 saturated carbocycles. The van der Waals surface area contributed by atoms with Crippen molar-refractivity contribution in [2.24, 2.45) is 0 Å². The molecule has 1 fully saturated rings. The molecule has 1 aromatic carbocycles. The molecule has 0 N–H and O–H groups in total. The van der Waals surface area contributed by atoms with E-state index in [-0.39, 0.29) is 11.0 Å². The van der Waals surface area contributed by atoms with Crippen molar-refractivity contribution in [1.29, 1.82) is 0 Å². The second-order valence-corrected chi connectivity index (χ2v) is 11.3. The van der Waals surface area contributed by atoms with E-state index in [0.29, 0.717) is 6.42 Å². The van der Waals surface area contributed by atoms with Gasteiger partial charge in [-0.05, 0) is 11.6 Å². The van der Waals surface area contributed by atoms with Crippen LogP contribution < -0.4 is 0 Å². The molecule has 1 unspecified atom stereocenters. The van der Waals surface area contributed by atoms with Crippen LogP contribution >= 0.6 is 0 Å². The lowest BCUT2D eigenvalue weighted by atomic mass is 10.1. The predicted molar refractivity (Wildman–Crippen MR) is 77.1 cm³/mol. The van der Waals surface area contributed by atoms with Crippen molar-refractivity contribution in [2.45, 2.75) is 31.3 Å². The Kier molecular flexibility index (Phi) is 3.55. The van der Waals surface area contributed by atoms with Crippen molar-refractivity contribution < 1.29 is 9.53 Å². The van der Waals surface area contributed by atoms with E-state index < -0.39 is 8.07 Å². The molecule has 1 heterocycles. The Morgan fingerprint density at radius 2 is 1.94 bits per heavy atom. The van der Waals surface area contributed by atoms with Gasteiger partial charge in [-0.1, -0.05) is 56.0 Å². The average Bonchev–Trinajstić information content (AvgIpc) is 3.08. The topological polar surface area (TPSA) is 29.6 Å². The van der Waals surface area contributed by atoms with Crippen molar-refractivity contribution in [3.05, 3.63) is 42.0 Å². The second-order valence-electron chi connectivity index (χ2n) is 5.92. The van der Waals surface area contributed by atoms with Gasteiger partial charge in [-0.3, -0.25) is 4.79 Å². The van der Waals surface area contributed by atoms with Crippen molar-refractivity contribution in [2.75, 3.05) is 6.61 Å². The summed E-state index contributed by atoms with van der Waals surface area (Å²) in [5, 5.41) is -0.106. The van der Waals surface area contributed by atoms with Gasteiger partial charge < -0.3 is 4.74 Å². The summed E-state index contributed by atoms with van der Waals surface area (Å²) in [7, 11) is -1.42.